The average Bonchev–Trinajstić information content (AvgIpc) is 3.84. The summed E-state index contributed by atoms with van der Waals surface area (Å²) in [5.41, 5.74) is -0.248. The molecule has 23 heteroatoms. The number of carbonyl (C=O) groups excluding carboxylic acids is 2. The van der Waals surface area contributed by atoms with Crippen LogP contribution in [0, 0.1) is 46.3 Å². The number of Topliss-reactive ketones (excluding diaryl/α,β-unsaturated/α-hetero) is 2. The number of allylic oxidation sites excluding steroid dienone is 1. The lowest BCUT2D eigenvalue weighted by Crippen LogP contribution is -2.64. The quantitative estimate of drug-likeness (QED) is 0.0756. The van der Waals surface area contributed by atoms with Gasteiger partial charge < -0.3 is 104 Å². The minimum absolute atomic E-state index is 0.0303. The number of hydrogen-bond donors (Lipinski definition) is 12. The Balaban J connectivity index is 0.830. The van der Waals surface area contributed by atoms with Gasteiger partial charge in [0.2, 0.25) is 0 Å². The van der Waals surface area contributed by atoms with Crippen molar-refractivity contribution in [2.24, 2.45) is 46.3 Å². The van der Waals surface area contributed by atoms with E-state index in [1.807, 2.05) is 20.8 Å². The third-order valence-electron chi connectivity index (χ3n) is 18.3. The van der Waals surface area contributed by atoms with Gasteiger partial charge in [0, 0.05) is 36.5 Å². The third kappa shape index (κ3) is 9.77. The fraction of sp³-hybridized carbons (Fsp3) is 0.918. The van der Waals surface area contributed by atoms with E-state index in [0.29, 0.717) is 38.5 Å². The van der Waals surface area contributed by atoms with Crippen LogP contribution in [0.15, 0.2) is 11.3 Å². The molecule has 4 aliphatic carbocycles. The Bertz CT molecular complexity index is 1960. The second-order valence-electron chi connectivity index (χ2n) is 22.7. The van der Waals surface area contributed by atoms with Gasteiger partial charge in [0.25, 0.3) is 0 Å². The van der Waals surface area contributed by atoms with Gasteiger partial charge in [0.05, 0.1) is 44.9 Å². The minimum Gasteiger partial charge on any atom is -0.494 e. The fourth-order valence-electron chi connectivity index (χ4n) is 14.0. The van der Waals surface area contributed by atoms with E-state index in [1.54, 1.807) is 0 Å². The Kier molecular flexibility index (Phi) is 16.4. The first kappa shape index (κ1) is 54.9. The van der Waals surface area contributed by atoms with E-state index in [-0.39, 0.29) is 73.3 Å². The molecule has 12 N–H and O–H groups in total. The molecular formula is C49H76O23. The Morgan fingerprint density at radius 1 is 0.694 bits per heavy atom. The van der Waals surface area contributed by atoms with Gasteiger partial charge in [-0.3, -0.25) is 9.59 Å². The first-order valence-corrected chi connectivity index (χ1v) is 25.7. The highest BCUT2D eigenvalue weighted by Crippen LogP contribution is 2.68. The van der Waals surface area contributed by atoms with Crippen LogP contribution in [0.25, 0.3) is 0 Å². The molecule has 5 heterocycles. The van der Waals surface area contributed by atoms with E-state index in [0.717, 1.165) is 11.3 Å². The Morgan fingerprint density at radius 2 is 1.33 bits per heavy atom. The van der Waals surface area contributed by atoms with Gasteiger partial charge >= 0.3 is 0 Å². The molecule has 0 aromatic heterocycles. The van der Waals surface area contributed by atoms with Crippen LogP contribution in [-0.2, 0) is 52.2 Å². The number of ether oxygens (including phenoxy) is 9. The SMILES string of the molecule is CC1=C(CC[C@@H](C)CO[C@H]2O[C@@H](CO)[C@H](O)[C@@H](O)[C@@H]2O)O[C@H]2C[C@@H]3[C@H]4CC(=O)[C@H]5C[C@@H](O[C@H]6O[C@@H](CO[C@H]7OC[C@H](O)[C@@H](O)[C@@H]7O)[C@H](O[C@H]7OC[C@H](O)[C@@H](O)[C@@H]7O)[C@@H](O)[C@@H]6O)CC[C@@]5(C)[C@@H]4CC(=O)[C@]3(C)[C@@H]12. The molecule has 5 aliphatic heterocycles. The molecule has 0 bridgehead atoms. The van der Waals surface area contributed by atoms with Crippen molar-refractivity contribution in [1.82, 2.24) is 0 Å². The van der Waals surface area contributed by atoms with E-state index in [9.17, 15) is 70.9 Å². The Hall–Kier alpha value is -1.92. The molecule has 410 valence electrons. The predicted octanol–water partition coefficient (Wildman–Crippen LogP) is -3.37. The summed E-state index contributed by atoms with van der Waals surface area (Å²) in [6.45, 7) is 6.45. The molecule has 0 unspecified atom stereocenters. The van der Waals surface area contributed by atoms with E-state index in [2.05, 4.69) is 6.92 Å². The summed E-state index contributed by atoms with van der Waals surface area (Å²) in [6.07, 6.45) is -24.4. The summed E-state index contributed by atoms with van der Waals surface area (Å²) in [5.74, 6) is 0.192. The van der Waals surface area contributed by atoms with Crippen molar-refractivity contribution >= 4 is 11.6 Å². The fourth-order valence-corrected chi connectivity index (χ4v) is 14.0. The number of carbonyl (C=O) groups is 2. The number of fused-ring (bicyclic) bond motifs is 7. The maximum atomic E-state index is 14.7. The van der Waals surface area contributed by atoms with Crippen molar-refractivity contribution in [1.29, 1.82) is 0 Å². The van der Waals surface area contributed by atoms with Crippen molar-refractivity contribution in [3.63, 3.8) is 0 Å². The highest BCUT2D eigenvalue weighted by atomic mass is 16.8. The number of hydrogen-bond acceptors (Lipinski definition) is 23. The molecule has 4 saturated heterocycles. The highest BCUT2D eigenvalue weighted by molar-refractivity contribution is 5.90. The second-order valence-corrected chi connectivity index (χ2v) is 22.7. The lowest BCUT2D eigenvalue weighted by Gasteiger charge is -2.59. The van der Waals surface area contributed by atoms with Crippen molar-refractivity contribution in [3.05, 3.63) is 11.3 Å². The molecule has 9 aliphatic rings. The van der Waals surface area contributed by atoms with Gasteiger partial charge in [-0.25, -0.2) is 0 Å². The molecule has 0 radical (unpaired) electrons. The first-order chi connectivity index (χ1) is 34.1. The number of ketones is 2. The second kappa shape index (κ2) is 21.5. The maximum absolute atomic E-state index is 14.7. The van der Waals surface area contributed by atoms with Crippen LogP contribution in [0.3, 0.4) is 0 Å². The zero-order valence-electron chi connectivity index (χ0n) is 41.1. The van der Waals surface area contributed by atoms with E-state index >= 15 is 0 Å². The van der Waals surface area contributed by atoms with Gasteiger partial charge in [-0.15, -0.1) is 0 Å². The van der Waals surface area contributed by atoms with Crippen LogP contribution in [0.5, 0.6) is 0 Å². The van der Waals surface area contributed by atoms with Crippen molar-refractivity contribution in [3.8, 4) is 0 Å². The van der Waals surface area contributed by atoms with E-state index in [1.165, 1.54) is 0 Å². The van der Waals surface area contributed by atoms with Crippen LogP contribution < -0.4 is 0 Å². The first-order valence-electron chi connectivity index (χ1n) is 25.7. The van der Waals surface area contributed by atoms with Crippen LogP contribution >= 0.6 is 0 Å². The molecule has 23 nitrogen and oxygen atoms in total. The molecule has 0 spiro atoms. The summed E-state index contributed by atoms with van der Waals surface area (Å²) in [6, 6.07) is 0. The zero-order chi connectivity index (χ0) is 51.9. The van der Waals surface area contributed by atoms with Gasteiger partial charge in [-0.2, -0.15) is 0 Å². The minimum atomic E-state index is -1.78. The van der Waals surface area contributed by atoms with E-state index < -0.39 is 153 Å². The lowest BCUT2D eigenvalue weighted by atomic mass is 9.44. The largest absolute Gasteiger partial charge is 0.494 e. The molecule has 4 saturated carbocycles. The molecular weight excluding hydrogens is 957 g/mol. The van der Waals surface area contributed by atoms with Gasteiger partial charge in [0.15, 0.2) is 25.2 Å². The van der Waals surface area contributed by atoms with Crippen molar-refractivity contribution in [2.75, 3.05) is 33.0 Å². The van der Waals surface area contributed by atoms with Crippen LogP contribution in [0.4, 0.5) is 0 Å². The van der Waals surface area contributed by atoms with Gasteiger partial charge in [-0.05, 0) is 73.7 Å². The average molecular weight is 1030 g/mol. The predicted molar refractivity (Wildman–Crippen MR) is 239 cm³/mol. The maximum Gasteiger partial charge on any atom is 0.186 e. The number of rotatable bonds is 14. The monoisotopic (exact) mass is 1030 g/mol. The topological polar surface area (TPSA) is 360 Å². The summed E-state index contributed by atoms with van der Waals surface area (Å²) < 4.78 is 52.9. The lowest BCUT2D eigenvalue weighted by molar-refractivity contribution is -0.361. The smallest absolute Gasteiger partial charge is 0.186 e. The summed E-state index contributed by atoms with van der Waals surface area (Å²) >= 11 is 0. The number of aliphatic hydroxyl groups is 12. The number of aliphatic hydroxyl groups excluding tert-OH is 12. The summed E-state index contributed by atoms with van der Waals surface area (Å²) in [4.78, 5) is 29.2. The molecule has 0 aromatic rings. The molecule has 9 rings (SSSR count). The molecule has 8 fully saturated rings. The molecule has 28 atom stereocenters. The summed E-state index contributed by atoms with van der Waals surface area (Å²) in [7, 11) is 0. The molecule has 0 amide bonds. The van der Waals surface area contributed by atoms with Gasteiger partial charge in [-0.1, -0.05) is 20.8 Å². The van der Waals surface area contributed by atoms with Crippen LogP contribution in [0.2, 0.25) is 0 Å². The van der Waals surface area contributed by atoms with Crippen LogP contribution in [0.1, 0.15) is 79.1 Å². The summed E-state index contributed by atoms with van der Waals surface area (Å²) in [5, 5.41) is 125. The van der Waals surface area contributed by atoms with Crippen molar-refractivity contribution < 1.29 is 113 Å². The molecule has 72 heavy (non-hydrogen) atoms. The van der Waals surface area contributed by atoms with Crippen molar-refractivity contribution in [2.45, 2.75) is 202 Å². The zero-order valence-corrected chi connectivity index (χ0v) is 41.1. The highest BCUT2D eigenvalue weighted by Gasteiger charge is 2.69. The van der Waals surface area contributed by atoms with E-state index in [4.69, 9.17) is 42.6 Å². The van der Waals surface area contributed by atoms with Crippen LogP contribution in [-0.4, -0.2) is 229 Å². The van der Waals surface area contributed by atoms with Gasteiger partial charge in [0.1, 0.15) is 103 Å². The molecule has 0 aromatic carbocycles. The standard InChI is InChI=1S/C49H76O23/c1-18(14-64-45-41(62)37(58)36(57)30(13-50)70-45)5-6-28-19(2)33-29(69-28)11-23-21-10-25(51)24-9-20(7-8-48(24,3)22(21)12-32(54)49(23,33)4)68-47-42(63)38(59)43(72-46-40(61)35(56)27(53)16-66-46)31(71-47)17-67-44-39(60)34(55)26(52)15-65-44/h18,20-24,26-27,29-31,33-47,50,52-53,55-63H,5-17H2,1-4H3/t18-,20+,21+,22-,23-,24-,26+,27+,29+,30+,31+,33+,34-,35-,36+,37-,38+,39+,40+,41+,42+,43+,44-,45+,46-,47+,48+,49-/m1/s1. The Morgan fingerprint density at radius 3 is 2.03 bits per heavy atom. The normalized spacial score (nSPS) is 52.0. The Labute approximate surface area is 416 Å². The third-order valence-corrected chi connectivity index (χ3v) is 18.3.